The topological polar surface area (TPSA) is 41.4 Å². The van der Waals surface area contributed by atoms with Crippen LogP contribution in [0.1, 0.15) is 10.5 Å². The van der Waals surface area contributed by atoms with Crippen molar-refractivity contribution in [3.8, 4) is 16.9 Å². The Hall–Kier alpha value is -3.57. The molecule has 0 saturated carbocycles. The Labute approximate surface area is 192 Å². The minimum atomic E-state index is -0.0117. The molecule has 0 unspecified atom stereocenters. The molecule has 0 spiro atoms. The maximum Gasteiger partial charge on any atom is 0.272 e. The Bertz CT molecular complexity index is 1220. The molecule has 5 nitrogen and oxygen atoms in total. The summed E-state index contributed by atoms with van der Waals surface area (Å²) in [6.45, 7) is 2.73. The first-order chi connectivity index (χ1) is 15.7. The van der Waals surface area contributed by atoms with E-state index in [1.807, 2.05) is 95.9 Å². The van der Waals surface area contributed by atoms with Crippen molar-refractivity contribution >= 4 is 23.2 Å². The average molecular weight is 443 g/mol. The monoisotopic (exact) mass is 442 g/mol. The third-order valence-electron chi connectivity index (χ3n) is 5.76. The van der Waals surface area contributed by atoms with Crippen molar-refractivity contribution in [1.29, 1.82) is 0 Å². The molecule has 1 amide bonds. The summed E-state index contributed by atoms with van der Waals surface area (Å²) in [6, 6.07) is 29.5. The molecule has 0 N–H and O–H groups in total. The Morgan fingerprint density at radius 3 is 2.09 bits per heavy atom. The van der Waals surface area contributed by atoms with E-state index in [0.717, 1.165) is 40.7 Å². The summed E-state index contributed by atoms with van der Waals surface area (Å²) in [7, 11) is 0. The number of halogens is 1. The van der Waals surface area contributed by atoms with Crippen LogP contribution in [0.4, 0.5) is 5.69 Å². The second-order valence-electron chi connectivity index (χ2n) is 7.76. The molecule has 0 radical (unpaired) electrons. The zero-order valence-electron chi connectivity index (χ0n) is 17.6. The minimum Gasteiger partial charge on any atom is -0.367 e. The maximum absolute atomic E-state index is 13.6. The molecule has 1 aromatic heterocycles. The van der Waals surface area contributed by atoms with Gasteiger partial charge in [0.1, 0.15) is 5.69 Å². The molecule has 0 bridgehead atoms. The molecular formula is C26H23ClN4O. The summed E-state index contributed by atoms with van der Waals surface area (Å²) in [4.78, 5) is 17.7. The molecule has 4 aromatic rings. The molecule has 2 heterocycles. The second-order valence-corrected chi connectivity index (χ2v) is 8.17. The number of para-hydroxylation sites is 2. The van der Waals surface area contributed by atoms with E-state index in [4.69, 9.17) is 16.7 Å². The fraction of sp³-hybridized carbons (Fsp3) is 0.154. The molecule has 160 valence electrons. The van der Waals surface area contributed by atoms with E-state index in [9.17, 15) is 4.79 Å². The van der Waals surface area contributed by atoms with E-state index in [1.54, 1.807) is 4.68 Å². The van der Waals surface area contributed by atoms with Crippen molar-refractivity contribution in [3.05, 3.63) is 102 Å². The van der Waals surface area contributed by atoms with Crippen molar-refractivity contribution in [1.82, 2.24) is 14.7 Å². The second kappa shape index (κ2) is 8.89. The molecule has 3 aromatic carbocycles. The van der Waals surface area contributed by atoms with Crippen molar-refractivity contribution in [2.75, 3.05) is 31.1 Å². The Morgan fingerprint density at radius 2 is 1.41 bits per heavy atom. The zero-order valence-corrected chi connectivity index (χ0v) is 18.3. The Morgan fingerprint density at radius 1 is 0.781 bits per heavy atom. The van der Waals surface area contributed by atoms with Gasteiger partial charge >= 0.3 is 0 Å². The van der Waals surface area contributed by atoms with Gasteiger partial charge in [-0.05, 0) is 30.3 Å². The molecule has 0 atom stereocenters. The number of benzene rings is 3. The van der Waals surface area contributed by atoms with E-state index >= 15 is 0 Å². The van der Waals surface area contributed by atoms with Gasteiger partial charge in [-0.3, -0.25) is 4.79 Å². The lowest BCUT2D eigenvalue weighted by Crippen LogP contribution is -2.49. The van der Waals surface area contributed by atoms with Crippen LogP contribution in [0.15, 0.2) is 91.0 Å². The maximum atomic E-state index is 13.6. The number of aromatic nitrogens is 2. The van der Waals surface area contributed by atoms with Gasteiger partial charge in [0.05, 0.1) is 22.1 Å². The van der Waals surface area contributed by atoms with E-state index in [0.29, 0.717) is 18.8 Å². The quantitative estimate of drug-likeness (QED) is 0.438. The van der Waals surface area contributed by atoms with Crippen LogP contribution < -0.4 is 4.90 Å². The van der Waals surface area contributed by atoms with Crippen LogP contribution in [0, 0.1) is 0 Å². The lowest BCUT2D eigenvalue weighted by molar-refractivity contribution is 0.0737. The third-order valence-corrected chi connectivity index (χ3v) is 6.08. The first kappa shape index (κ1) is 20.3. The Kier molecular flexibility index (Phi) is 5.65. The van der Waals surface area contributed by atoms with Crippen LogP contribution in [0.2, 0.25) is 5.02 Å². The largest absolute Gasteiger partial charge is 0.367 e. The van der Waals surface area contributed by atoms with Crippen molar-refractivity contribution in [2.45, 2.75) is 0 Å². The van der Waals surface area contributed by atoms with E-state index < -0.39 is 0 Å². The van der Waals surface area contributed by atoms with Gasteiger partial charge in [-0.2, -0.15) is 5.10 Å². The SMILES string of the molecule is O=C(c1cc(-c2ccccc2)nn1-c1ccccc1)N1CCN(c2ccccc2Cl)CC1. The van der Waals surface area contributed by atoms with Crippen LogP contribution in [0.25, 0.3) is 16.9 Å². The minimum absolute atomic E-state index is 0.0117. The molecule has 1 aliphatic rings. The molecular weight excluding hydrogens is 420 g/mol. The highest BCUT2D eigenvalue weighted by Crippen LogP contribution is 2.27. The number of anilines is 1. The number of piperazine rings is 1. The normalized spacial score (nSPS) is 13.9. The molecule has 0 aliphatic carbocycles. The highest BCUT2D eigenvalue weighted by molar-refractivity contribution is 6.33. The van der Waals surface area contributed by atoms with E-state index in [-0.39, 0.29) is 5.91 Å². The molecule has 1 fully saturated rings. The molecule has 5 rings (SSSR count). The summed E-state index contributed by atoms with van der Waals surface area (Å²) in [5.74, 6) is -0.0117. The summed E-state index contributed by atoms with van der Waals surface area (Å²) in [5.41, 5.74) is 4.23. The standard InChI is InChI=1S/C26H23ClN4O/c27-22-13-7-8-14-24(22)29-15-17-30(18-16-29)26(32)25-19-23(20-9-3-1-4-10-20)28-31(25)21-11-5-2-6-12-21/h1-14,19H,15-18H2. The highest BCUT2D eigenvalue weighted by Gasteiger charge is 2.27. The number of rotatable bonds is 4. The van der Waals surface area contributed by atoms with Gasteiger partial charge in [-0.25, -0.2) is 4.68 Å². The van der Waals surface area contributed by atoms with Gasteiger partial charge in [0.2, 0.25) is 0 Å². The number of hydrogen-bond acceptors (Lipinski definition) is 3. The number of amides is 1. The lowest BCUT2D eigenvalue weighted by atomic mass is 10.1. The number of carbonyl (C=O) groups excluding carboxylic acids is 1. The molecule has 32 heavy (non-hydrogen) atoms. The fourth-order valence-corrected chi connectivity index (χ4v) is 4.33. The lowest BCUT2D eigenvalue weighted by Gasteiger charge is -2.36. The van der Waals surface area contributed by atoms with Crippen LogP contribution in [-0.2, 0) is 0 Å². The summed E-state index contributed by atoms with van der Waals surface area (Å²) < 4.78 is 1.76. The smallest absolute Gasteiger partial charge is 0.272 e. The molecule has 1 saturated heterocycles. The highest BCUT2D eigenvalue weighted by atomic mass is 35.5. The third kappa shape index (κ3) is 3.99. The van der Waals surface area contributed by atoms with E-state index in [2.05, 4.69) is 4.90 Å². The van der Waals surface area contributed by atoms with Gasteiger partial charge in [-0.15, -0.1) is 0 Å². The first-order valence-corrected chi connectivity index (χ1v) is 11.1. The van der Waals surface area contributed by atoms with Crippen molar-refractivity contribution < 1.29 is 4.79 Å². The van der Waals surface area contributed by atoms with Crippen molar-refractivity contribution in [3.63, 3.8) is 0 Å². The molecule has 1 aliphatic heterocycles. The summed E-state index contributed by atoms with van der Waals surface area (Å²) >= 11 is 6.37. The molecule has 6 heteroatoms. The van der Waals surface area contributed by atoms with Crippen LogP contribution in [0.3, 0.4) is 0 Å². The predicted molar refractivity (Wildman–Crippen MR) is 129 cm³/mol. The average Bonchev–Trinajstić information content (AvgIpc) is 3.31. The van der Waals surface area contributed by atoms with Crippen molar-refractivity contribution in [2.24, 2.45) is 0 Å². The van der Waals surface area contributed by atoms with Gasteiger partial charge in [-0.1, -0.05) is 72.3 Å². The fourth-order valence-electron chi connectivity index (χ4n) is 4.07. The summed E-state index contributed by atoms with van der Waals surface area (Å²) in [5, 5.41) is 5.52. The summed E-state index contributed by atoms with van der Waals surface area (Å²) in [6.07, 6.45) is 0. The predicted octanol–water partition coefficient (Wildman–Crippen LogP) is 5.16. The van der Waals surface area contributed by atoms with E-state index in [1.165, 1.54) is 0 Å². The number of nitrogens with zero attached hydrogens (tertiary/aromatic N) is 4. The van der Waals surface area contributed by atoms with Gasteiger partial charge in [0, 0.05) is 31.7 Å². The van der Waals surface area contributed by atoms with Crippen LogP contribution in [0.5, 0.6) is 0 Å². The number of carbonyl (C=O) groups is 1. The van der Waals surface area contributed by atoms with Gasteiger partial charge in [0.15, 0.2) is 0 Å². The first-order valence-electron chi connectivity index (χ1n) is 10.7. The van der Waals surface area contributed by atoms with Gasteiger partial charge < -0.3 is 9.80 Å². The van der Waals surface area contributed by atoms with Crippen LogP contribution in [-0.4, -0.2) is 46.8 Å². The Balaban J connectivity index is 1.42. The zero-order chi connectivity index (χ0) is 21.9. The number of hydrogen-bond donors (Lipinski definition) is 0. The van der Waals surface area contributed by atoms with Crippen LogP contribution >= 0.6 is 11.6 Å². The van der Waals surface area contributed by atoms with Gasteiger partial charge in [0.25, 0.3) is 5.91 Å².